The number of aromatic nitrogens is 2. The van der Waals surface area contributed by atoms with E-state index in [-0.39, 0.29) is 6.10 Å². The first kappa shape index (κ1) is 12.1. The molecule has 0 aliphatic heterocycles. The molecule has 1 rings (SSSR count). The molecule has 3 N–H and O–H groups in total. The second kappa shape index (κ2) is 5.77. The Hall–Kier alpha value is -1.01. The van der Waals surface area contributed by atoms with Crippen LogP contribution in [0.3, 0.4) is 0 Å². The fourth-order valence-corrected chi connectivity index (χ4v) is 1.34. The molecule has 0 spiro atoms. The number of nitrogens with zero attached hydrogens (tertiary/aromatic N) is 2. The van der Waals surface area contributed by atoms with Gasteiger partial charge in [-0.3, -0.25) is 0 Å². The van der Waals surface area contributed by atoms with Crippen LogP contribution in [0, 0.1) is 0 Å². The van der Waals surface area contributed by atoms with Crippen molar-refractivity contribution in [3.63, 3.8) is 0 Å². The second-order valence-electron chi connectivity index (χ2n) is 3.09. The molecule has 1 heterocycles. The number of ether oxygens (including phenoxy) is 1. The molecule has 84 valence electrons. The smallest absolute Gasteiger partial charge is 0.191 e. The third-order valence-electron chi connectivity index (χ3n) is 1.88. The quantitative estimate of drug-likeness (QED) is 0.583. The summed E-state index contributed by atoms with van der Waals surface area (Å²) in [6, 6.07) is 1.71. The second-order valence-corrected chi connectivity index (χ2v) is 3.87. The van der Waals surface area contributed by atoms with Crippen molar-refractivity contribution in [3.05, 3.63) is 6.07 Å². The zero-order chi connectivity index (χ0) is 11.3. The van der Waals surface area contributed by atoms with E-state index in [1.54, 1.807) is 13.2 Å². The van der Waals surface area contributed by atoms with Crippen LogP contribution in [0.25, 0.3) is 0 Å². The summed E-state index contributed by atoms with van der Waals surface area (Å²) in [5.41, 5.74) is 5.64. The summed E-state index contributed by atoms with van der Waals surface area (Å²) in [7, 11) is 1.67. The first-order valence-corrected chi connectivity index (χ1v) is 5.83. The Bertz CT molecular complexity index is 321. The lowest BCUT2D eigenvalue weighted by Gasteiger charge is -2.11. The van der Waals surface area contributed by atoms with Gasteiger partial charge >= 0.3 is 0 Å². The Kier molecular flexibility index (Phi) is 4.64. The van der Waals surface area contributed by atoms with Gasteiger partial charge in [-0.2, -0.15) is 0 Å². The number of nitrogens with one attached hydrogen (secondary N) is 1. The summed E-state index contributed by atoms with van der Waals surface area (Å²) >= 11 is 1.46. The number of nitrogen functional groups attached to an aromatic ring is 1. The first-order valence-electron chi connectivity index (χ1n) is 4.61. The van der Waals surface area contributed by atoms with Crippen molar-refractivity contribution in [2.24, 2.45) is 0 Å². The standard InChI is InChI=1S/C9H16N4OS/c1-6(14-2)5-11-8-4-7(10)12-9(13-8)15-3/h4,6H,5H2,1-3H3,(H3,10,11,12,13). The van der Waals surface area contributed by atoms with E-state index >= 15 is 0 Å². The number of hydrogen-bond donors (Lipinski definition) is 2. The lowest BCUT2D eigenvalue weighted by molar-refractivity contribution is 0.128. The fourth-order valence-electron chi connectivity index (χ4n) is 0.957. The third-order valence-corrected chi connectivity index (χ3v) is 2.43. The molecule has 0 saturated heterocycles. The van der Waals surface area contributed by atoms with Crippen LogP contribution >= 0.6 is 11.8 Å². The zero-order valence-electron chi connectivity index (χ0n) is 9.15. The van der Waals surface area contributed by atoms with E-state index in [2.05, 4.69) is 15.3 Å². The number of anilines is 2. The number of hydrogen-bond acceptors (Lipinski definition) is 6. The van der Waals surface area contributed by atoms with Gasteiger partial charge in [0, 0.05) is 19.7 Å². The summed E-state index contributed by atoms with van der Waals surface area (Å²) in [5, 5.41) is 3.81. The van der Waals surface area contributed by atoms with Crippen molar-refractivity contribution in [2.75, 3.05) is 31.0 Å². The van der Waals surface area contributed by atoms with Crippen molar-refractivity contribution in [3.8, 4) is 0 Å². The molecule has 0 saturated carbocycles. The Morgan fingerprint density at radius 3 is 2.93 bits per heavy atom. The highest BCUT2D eigenvalue weighted by molar-refractivity contribution is 7.98. The molecule has 5 nitrogen and oxygen atoms in total. The predicted molar refractivity (Wildman–Crippen MR) is 63.2 cm³/mol. The monoisotopic (exact) mass is 228 g/mol. The average Bonchev–Trinajstić information content (AvgIpc) is 2.25. The van der Waals surface area contributed by atoms with E-state index in [9.17, 15) is 0 Å². The first-order chi connectivity index (χ1) is 7.15. The molecule has 0 radical (unpaired) electrons. The number of thioether (sulfide) groups is 1. The van der Waals surface area contributed by atoms with Crippen molar-refractivity contribution in [2.45, 2.75) is 18.2 Å². The Morgan fingerprint density at radius 2 is 2.33 bits per heavy atom. The van der Waals surface area contributed by atoms with Gasteiger partial charge in [0.05, 0.1) is 6.10 Å². The largest absolute Gasteiger partial charge is 0.383 e. The highest BCUT2D eigenvalue weighted by Crippen LogP contribution is 2.14. The molecule has 0 amide bonds. The molecule has 0 aliphatic rings. The summed E-state index contributed by atoms with van der Waals surface area (Å²) in [4.78, 5) is 8.32. The van der Waals surface area contributed by atoms with Crippen LogP contribution in [0.2, 0.25) is 0 Å². The van der Waals surface area contributed by atoms with Gasteiger partial charge in [-0.1, -0.05) is 11.8 Å². The summed E-state index contributed by atoms with van der Waals surface area (Å²) in [5.74, 6) is 1.21. The van der Waals surface area contributed by atoms with Gasteiger partial charge in [-0.25, -0.2) is 9.97 Å². The number of rotatable bonds is 5. The number of methoxy groups -OCH3 is 1. The van der Waals surface area contributed by atoms with Gasteiger partial charge < -0.3 is 15.8 Å². The minimum Gasteiger partial charge on any atom is -0.383 e. The Balaban J connectivity index is 2.64. The van der Waals surface area contributed by atoms with Crippen molar-refractivity contribution in [1.82, 2.24) is 9.97 Å². The molecule has 0 aromatic carbocycles. The third kappa shape index (κ3) is 3.93. The predicted octanol–water partition coefficient (Wildman–Crippen LogP) is 1.23. The molecule has 1 aromatic rings. The summed E-state index contributed by atoms with van der Waals surface area (Å²) < 4.78 is 5.12. The maximum atomic E-state index is 5.64. The molecule has 6 heteroatoms. The van der Waals surface area contributed by atoms with E-state index in [0.29, 0.717) is 17.5 Å². The zero-order valence-corrected chi connectivity index (χ0v) is 9.97. The molecular formula is C9H16N4OS. The topological polar surface area (TPSA) is 73.1 Å². The van der Waals surface area contributed by atoms with Gasteiger partial charge in [-0.05, 0) is 13.2 Å². The highest BCUT2D eigenvalue weighted by atomic mass is 32.2. The Morgan fingerprint density at radius 1 is 1.60 bits per heavy atom. The fraction of sp³-hybridized carbons (Fsp3) is 0.556. The van der Waals surface area contributed by atoms with Crippen LogP contribution in [0.15, 0.2) is 11.2 Å². The minimum atomic E-state index is 0.138. The van der Waals surface area contributed by atoms with E-state index in [1.807, 2.05) is 13.2 Å². The van der Waals surface area contributed by atoms with Gasteiger partial charge in [0.1, 0.15) is 11.6 Å². The van der Waals surface area contributed by atoms with Crippen LogP contribution in [0.5, 0.6) is 0 Å². The summed E-state index contributed by atoms with van der Waals surface area (Å²) in [6.07, 6.45) is 2.05. The van der Waals surface area contributed by atoms with Crippen LogP contribution < -0.4 is 11.1 Å². The lowest BCUT2D eigenvalue weighted by atomic mass is 10.4. The molecule has 0 bridgehead atoms. The molecule has 0 aliphatic carbocycles. The molecule has 1 aromatic heterocycles. The average molecular weight is 228 g/mol. The number of nitrogens with two attached hydrogens (primary N) is 1. The van der Waals surface area contributed by atoms with Crippen molar-refractivity contribution >= 4 is 23.4 Å². The van der Waals surface area contributed by atoms with Gasteiger partial charge in [0.2, 0.25) is 0 Å². The molecule has 0 fully saturated rings. The van der Waals surface area contributed by atoms with Crippen molar-refractivity contribution < 1.29 is 4.74 Å². The SMILES string of the molecule is COC(C)CNc1cc(N)nc(SC)n1. The normalized spacial score (nSPS) is 12.5. The maximum Gasteiger partial charge on any atom is 0.191 e. The van der Waals surface area contributed by atoms with Gasteiger partial charge in [0.25, 0.3) is 0 Å². The van der Waals surface area contributed by atoms with Gasteiger partial charge in [0.15, 0.2) is 5.16 Å². The highest BCUT2D eigenvalue weighted by Gasteiger charge is 2.03. The minimum absolute atomic E-state index is 0.138. The lowest BCUT2D eigenvalue weighted by Crippen LogP contribution is -2.19. The summed E-state index contributed by atoms with van der Waals surface area (Å²) in [6.45, 7) is 2.67. The molecular weight excluding hydrogens is 212 g/mol. The maximum absolute atomic E-state index is 5.64. The molecule has 1 atom stereocenters. The van der Waals surface area contributed by atoms with Crippen LogP contribution in [-0.4, -0.2) is 36.0 Å². The molecule has 1 unspecified atom stereocenters. The van der Waals surface area contributed by atoms with Crippen molar-refractivity contribution in [1.29, 1.82) is 0 Å². The molecule has 15 heavy (non-hydrogen) atoms. The Labute approximate surface area is 93.8 Å². The van der Waals surface area contributed by atoms with Crippen LogP contribution in [-0.2, 0) is 4.74 Å². The van der Waals surface area contributed by atoms with E-state index in [4.69, 9.17) is 10.5 Å². The van der Waals surface area contributed by atoms with E-state index < -0.39 is 0 Å². The van der Waals surface area contributed by atoms with Crippen LogP contribution in [0.4, 0.5) is 11.6 Å². The van der Waals surface area contributed by atoms with E-state index in [1.165, 1.54) is 11.8 Å². The van der Waals surface area contributed by atoms with E-state index in [0.717, 1.165) is 5.82 Å². The van der Waals surface area contributed by atoms with Gasteiger partial charge in [-0.15, -0.1) is 0 Å². The van der Waals surface area contributed by atoms with Crippen LogP contribution in [0.1, 0.15) is 6.92 Å².